The highest BCUT2D eigenvalue weighted by Gasteiger charge is 2.32. The normalized spacial score (nSPS) is 12.4. The number of aryl methyl sites for hydroxylation is 1. The molecule has 0 fully saturated rings. The summed E-state index contributed by atoms with van der Waals surface area (Å²) in [6, 6.07) is 1.68. The van der Waals surface area contributed by atoms with Gasteiger partial charge in [-0.15, -0.1) is 0 Å². The maximum absolute atomic E-state index is 12.7. The van der Waals surface area contributed by atoms with Gasteiger partial charge in [0, 0.05) is 25.1 Å². The molecule has 2 heterocycles. The Morgan fingerprint density at radius 2 is 2.00 bits per heavy atom. The van der Waals surface area contributed by atoms with E-state index in [0.717, 1.165) is 10.5 Å². The van der Waals surface area contributed by atoms with Crippen molar-refractivity contribution in [1.82, 2.24) is 9.38 Å². The van der Waals surface area contributed by atoms with Crippen LogP contribution in [0.1, 0.15) is 39.7 Å². The fourth-order valence-electron chi connectivity index (χ4n) is 2.33. The minimum atomic E-state index is -4.38. The first-order chi connectivity index (χ1) is 11.5. The lowest BCUT2D eigenvalue weighted by atomic mass is 10.2. The van der Waals surface area contributed by atoms with Gasteiger partial charge in [-0.1, -0.05) is 6.92 Å². The molecule has 0 bridgehead atoms. The Balaban J connectivity index is 2.47. The predicted octanol–water partition coefficient (Wildman–Crippen LogP) is 4.59. The zero-order valence-corrected chi connectivity index (χ0v) is 14.7. The van der Waals surface area contributed by atoms with Crippen LogP contribution in [0.4, 0.5) is 23.7 Å². The zero-order valence-electron chi connectivity index (χ0n) is 14.7. The SMILES string of the molecule is CCc1cc(N(CCC(F)(F)F)C(=O)OC(C)(C)C)c2nccn2c1. The molecule has 1 amide bonds. The molecule has 0 atom stereocenters. The van der Waals surface area contributed by atoms with Gasteiger partial charge in [0.2, 0.25) is 0 Å². The number of pyridine rings is 1. The van der Waals surface area contributed by atoms with Gasteiger partial charge in [0.25, 0.3) is 0 Å². The molecule has 2 aromatic rings. The van der Waals surface area contributed by atoms with Crippen LogP contribution in [0.25, 0.3) is 5.65 Å². The van der Waals surface area contributed by atoms with E-state index in [1.54, 1.807) is 37.4 Å². The van der Waals surface area contributed by atoms with Crippen molar-refractivity contribution < 1.29 is 22.7 Å². The molecular weight excluding hydrogens is 335 g/mol. The summed E-state index contributed by atoms with van der Waals surface area (Å²) in [5.74, 6) is 0. The van der Waals surface area contributed by atoms with Crippen LogP contribution in [0.3, 0.4) is 0 Å². The molecule has 0 aliphatic rings. The summed E-state index contributed by atoms with van der Waals surface area (Å²) in [5, 5.41) is 0. The molecule has 0 aromatic carbocycles. The number of carbonyl (C=O) groups excluding carboxylic acids is 1. The van der Waals surface area contributed by atoms with E-state index < -0.39 is 30.8 Å². The first-order valence-electron chi connectivity index (χ1n) is 8.03. The van der Waals surface area contributed by atoms with Gasteiger partial charge in [-0.25, -0.2) is 9.78 Å². The topological polar surface area (TPSA) is 46.8 Å². The number of hydrogen-bond donors (Lipinski definition) is 0. The van der Waals surface area contributed by atoms with Crippen LogP contribution in [0.5, 0.6) is 0 Å². The van der Waals surface area contributed by atoms with Gasteiger partial charge in [-0.2, -0.15) is 13.2 Å². The number of imidazole rings is 1. The van der Waals surface area contributed by atoms with Crippen molar-refractivity contribution in [3.63, 3.8) is 0 Å². The van der Waals surface area contributed by atoms with Crippen molar-refractivity contribution in [2.24, 2.45) is 0 Å². The molecule has 0 saturated heterocycles. The van der Waals surface area contributed by atoms with Crippen LogP contribution < -0.4 is 4.90 Å². The maximum Gasteiger partial charge on any atom is 0.414 e. The quantitative estimate of drug-likeness (QED) is 0.804. The lowest BCUT2D eigenvalue weighted by molar-refractivity contribution is -0.132. The van der Waals surface area contributed by atoms with Crippen molar-refractivity contribution in [2.45, 2.75) is 52.3 Å². The van der Waals surface area contributed by atoms with E-state index in [1.165, 1.54) is 6.20 Å². The van der Waals surface area contributed by atoms with E-state index in [0.29, 0.717) is 17.8 Å². The van der Waals surface area contributed by atoms with Crippen LogP contribution in [0.15, 0.2) is 24.7 Å². The Kier molecular flexibility index (Phi) is 5.29. The van der Waals surface area contributed by atoms with Crippen molar-refractivity contribution >= 4 is 17.4 Å². The third-order valence-electron chi connectivity index (χ3n) is 3.46. The summed E-state index contributed by atoms with van der Waals surface area (Å²) in [6.45, 7) is 6.39. The van der Waals surface area contributed by atoms with Crippen molar-refractivity contribution in [3.05, 3.63) is 30.2 Å². The summed E-state index contributed by atoms with van der Waals surface area (Å²) in [7, 11) is 0. The van der Waals surface area contributed by atoms with Gasteiger partial charge in [0.15, 0.2) is 5.65 Å². The van der Waals surface area contributed by atoms with E-state index in [4.69, 9.17) is 4.74 Å². The third kappa shape index (κ3) is 5.11. The van der Waals surface area contributed by atoms with Gasteiger partial charge in [-0.3, -0.25) is 4.90 Å². The molecule has 2 aromatic heterocycles. The van der Waals surface area contributed by atoms with Gasteiger partial charge >= 0.3 is 12.3 Å². The second-order valence-electron chi connectivity index (χ2n) is 6.74. The number of hydrogen-bond acceptors (Lipinski definition) is 3. The van der Waals surface area contributed by atoms with Gasteiger partial charge in [0.1, 0.15) is 5.60 Å². The van der Waals surface area contributed by atoms with Crippen molar-refractivity contribution in [1.29, 1.82) is 0 Å². The molecule has 0 aliphatic heterocycles. The Morgan fingerprint density at radius 1 is 1.32 bits per heavy atom. The number of aromatic nitrogens is 2. The van der Waals surface area contributed by atoms with Gasteiger partial charge in [0.05, 0.1) is 12.1 Å². The maximum atomic E-state index is 12.7. The molecule has 2 rings (SSSR count). The lowest BCUT2D eigenvalue weighted by Gasteiger charge is -2.28. The van der Waals surface area contributed by atoms with Gasteiger partial charge in [-0.05, 0) is 38.8 Å². The Hall–Kier alpha value is -2.25. The Morgan fingerprint density at radius 3 is 2.56 bits per heavy atom. The minimum absolute atomic E-state index is 0.308. The lowest BCUT2D eigenvalue weighted by Crippen LogP contribution is -2.39. The largest absolute Gasteiger partial charge is 0.443 e. The number of ether oxygens (including phenoxy) is 1. The smallest absolute Gasteiger partial charge is 0.414 e. The second kappa shape index (κ2) is 6.93. The fourth-order valence-corrected chi connectivity index (χ4v) is 2.33. The van der Waals surface area contributed by atoms with Crippen LogP contribution in [-0.4, -0.2) is 33.8 Å². The summed E-state index contributed by atoms with van der Waals surface area (Å²) in [5.41, 5.74) is 0.774. The third-order valence-corrected chi connectivity index (χ3v) is 3.46. The van der Waals surface area contributed by atoms with E-state index in [2.05, 4.69) is 4.98 Å². The highest BCUT2D eigenvalue weighted by molar-refractivity contribution is 5.92. The molecule has 0 N–H and O–H groups in total. The summed E-state index contributed by atoms with van der Waals surface area (Å²) >= 11 is 0. The predicted molar refractivity (Wildman–Crippen MR) is 88.8 cm³/mol. The molecule has 0 aliphatic carbocycles. The Bertz CT molecular complexity index is 748. The number of halogens is 3. The number of carbonyl (C=O) groups is 1. The number of amides is 1. The van der Waals surface area contributed by atoms with E-state index >= 15 is 0 Å². The molecule has 8 heteroatoms. The van der Waals surface area contributed by atoms with Crippen LogP contribution in [0.2, 0.25) is 0 Å². The molecular formula is C17H22F3N3O2. The Labute approximate surface area is 144 Å². The minimum Gasteiger partial charge on any atom is -0.443 e. The second-order valence-corrected chi connectivity index (χ2v) is 6.74. The number of fused-ring (bicyclic) bond motifs is 1. The van der Waals surface area contributed by atoms with Crippen molar-refractivity contribution in [3.8, 4) is 0 Å². The number of rotatable bonds is 4. The molecule has 138 valence electrons. The monoisotopic (exact) mass is 357 g/mol. The molecule has 0 spiro atoms. The standard InChI is InChI=1S/C17H22F3N3O2/c1-5-12-10-13(14-21-7-9-22(14)11-12)23(8-6-17(18,19)20)15(24)25-16(2,3)4/h7,9-11H,5-6,8H2,1-4H3. The number of alkyl halides is 3. The highest BCUT2D eigenvalue weighted by atomic mass is 19.4. The van der Waals surface area contributed by atoms with Crippen LogP contribution in [0, 0.1) is 0 Å². The van der Waals surface area contributed by atoms with Gasteiger partial charge < -0.3 is 9.14 Å². The fraction of sp³-hybridized carbons (Fsp3) is 0.529. The van der Waals surface area contributed by atoms with E-state index in [1.807, 2.05) is 13.1 Å². The van der Waals surface area contributed by atoms with E-state index in [9.17, 15) is 18.0 Å². The van der Waals surface area contributed by atoms with Crippen molar-refractivity contribution in [2.75, 3.05) is 11.4 Å². The number of anilines is 1. The van der Waals surface area contributed by atoms with E-state index in [-0.39, 0.29) is 0 Å². The molecule has 25 heavy (non-hydrogen) atoms. The molecule has 0 unspecified atom stereocenters. The molecule has 0 saturated carbocycles. The summed E-state index contributed by atoms with van der Waals surface area (Å²) in [6.07, 6.45) is -0.602. The molecule has 5 nitrogen and oxygen atoms in total. The average Bonchev–Trinajstić information content (AvgIpc) is 2.92. The number of nitrogens with zero attached hydrogens (tertiary/aromatic N) is 3. The average molecular weight is 357 g/mol. The summed E-state index contributed by atoms with van der Waals surface area (Å²) < 4.78 is 45.2. The summed E-state index contributed by atoms with van der Waals surface area (Å²) in [4.78, 5) is 17.7. The first-order valence-corrected chi connectivity index (χ1v) is 8.03. The highest BCUT2D eigenvalue weighted by Crippen LogP contribution is 2.28. The first kappa shape index (κ1) is 19.1. The molecule has 0 radical (unpaired) electrons. The zero-order chi connectivity index (χ0) is 18.8. The van der Waals surface area contributed by atoms with Crippen LogP contribution in [-0.2, 0) is 11.2 Å². The van der Waals surface area contributed by atoms with Crippen LogP contribution >= 0.6 is 0 Å².